The van der Waals surface area contributed by atoms with Crippen molar-refractivity contribution in [2.24, 2.45) is 10.7 Å². The molecular weight excluding hydrogens is 250 g/mol. The van der Waals surface area contributed by atoms with Crippen LogP contribution < -0.4 is 11.1 Å². The minimum Gasteiger partial charge on any atom is -0.370 e. The maximum Gasteiger partial charge on any atom is 0.189 e. The Kier molecular flexibility index (Phi) is 3.67. The Morgan fingerprint density at radius 2 is 2.10 bits per heavy atom. The summed E-state index contributed by atoms with van der Waals surface area (Å²) in [7, 11) is 0. The fraction of sp³-hybridized carbons (Fsp3) is 0.333. The Balaban J connectivity index is 1.56. The number of hydrogen-bond donors (Lipinski definition) is 2. The van der Waals surface area contributed by atoms with Gasteiger partial charge in [0.2, 0.25) is 0 Å². The molecule has 20 heavy (non-hydrogen) atoms. The standard InChI is InChI=1S/C15H19N5/c16-15(18-13-6-7-13)17-10-14-8-9-20(19-14)11-12-4-2-1-3-5-12/h1-5,8-9,13H,6-7,10-11H2,(H3,16,17,18). The molecule has 0 amide bonds. The van der Waals surface area contributed by atoms with Crippen LogP contribution in [0.1, 0.15) is 24.1 Å². The van der Waals surface area contributed by atoms with Crippen LogP contribution in [0.25, 0.3) is 0 Å². The molecule has 0 unspecified atom stereocenters. The largest absolute Gasteiger partial charge is 0.370 e. The number of aromatic nitrogens is 2. The maximum absolute atomic E-state index is 5.80. The second-order valence-electron chi connectivity index (χ2n) is 5.11. The lowest BCUT2D eigenvalue weighted by atomic mass is 10.2. The van der Waals surface area contributed by atoms with Crippen molar-refractivity contribution < 1.29 is 0 Å². The second kappa shape index (κ2) is 5.77. The number of nitrogens with one attached hydrogen (secondary N) is 1. The van der Waals surface area contributed by atoms with Crippen LogP contribution in [0.3, 0.4) is 0 Å². The van der Waals surface area contributed by atoms with E-state index in [1.165, 1.54) is 18.4 Å². The molecular formula is C15H19N5. The summed E-state index contributed by atoms with van der Waals surface area (Å²) in [5.41, 5.74) is 7.97. The van der Waals surface area contributed by atoms with Crippen molar-refractivity contribution in [3.63, 3.8) is 0 Å². The predicted octanol–water partition coefficient (Wildman–Crippen LogP) is 1.50. The molecule has 1 saturated carbocycles. The Hall–Kier alpha value is -2.30. The number of benzene rings is 1. The van der Waals surface area contributed by atoms with Crippen LogP contribution >= 0.6 is 0 Å². The van der Waals surface area contributed by atoms with Gasteiger partial charge in [0.1, 0.15) is 0 Å². The molecule has 2 aromatic rings. The lowest BCUT2D eigenvalue weighted by Crippen LogP contribution is -2.33. The van der Waals surface area contributed by atoms with E-state index in [0.717, 1.165) is 12.2 Å². The van der Waals surface area contributed by atoms with Crippen molar-refractivity contribution in [1.82, 2.24) is 15.1 Å². The number of aliphatic imine (C=N–C) groups is 1. The first-order chi connectivity index (χ1) is 9.79. The van der Waals surface area contributed by atoms with Crippen molar-refractivity contribution in [1.29, 1.82) is 0 Å². The van der Waals surface area contributed by atoms with Crippen LogP contribution in [-0.4, -0.2) is 21.8 Å². The van der Waals surface area contributed by atoms with E-state index < -0.39 is 0 Å². The molecule has 1 heterocycles. The summed E-state index contributed by atoms with van der Waals surface area (Å²) < 4.78 is 1.92. The SMILES string of the molecule is NC(=NCc1ccn(Cc2ccccc2)n1)NC1CC1. The number of guanidine groups is 1. The summed E-state index contributed by atoms with van der Waals surface area (Å²) in [5.74, 6) is 0.519. The second-order valence-corrected chi connectivity index (χ2v) is 5.11. The van der Waals surface area contributed by atoms with E-state index in [0.29, 0.717) is 18.5 Å². The third-order valence-electron chi connectivity index (χ3n) is 3.22. The van der Waals surface area contributed by atoms with Gasteiger partial charge in [-0.3, -0.25) is 4.68 Å². The van der Waals surface area contributed by atoms with Gasteiger partial charge in [-0.1, -0.05) is 30.3 Å². The molecule has 3 rings (SSSR count). The van der Waals surface area contributed by atoms with Gasteiger partial charge in [-0.25, -0.2) is 4.99 Å². The van der Waals surface area contributed by atoms with Crippen LogP contribution in [0.5, 0.6) is 0 Å². The zero-order valence-electron chi connectivity index (χ0n) is 11.4. The van der Waals surface area contributed by atoms with E-state index in [2.05, 4.69) is 27.5 Å². The van der Waals surface area contributed by atoms with Crippen molar-refractivity contribution in [3.8, 4) is 0 Å². The predicted molar refractivity (Wildman–Crippen MR) is 79.3 cm³/mol. The highest BCUT2D eigenvalue weighted by Gasteiger charge is 2.21. The smallest absolute Gasteiger partial charge is 0.189 e. The fourth-order valence-electron chi connectivity index (χ4n) is 2.00. The molecule has 1 fully saturated rings. The Labute approximate surface area is 118 Å². The van der Waals surface area contributed by atoms with E-state index in [4.69, 9.17) is 5.73 Å². The molecule has 1 aromatic carbocycles. The third kappa shape index (κ3) is 3.60. The zero-order valence-corrected chi connectivity index (χ0v) is 11.4. The van der Waals surface area contributed by atoms with Gasteiger partial charge in [-0.2, -0.15) is 5.10 Å². The van der Waals surface area contributed by atoms with E-state index in [1.54, 1.807) is 0 Å². The van der Waals surface area contributed by atoms with Crippen LogP contribution in [0.15, 0.2) is 47.6 Å². The lowest BCUT2D eigenvalue weighted by molar-refractivity contribution is 0.671. The monoisotopic (exact) mass is 269 g/mol. The molecule has 0 bridgehead atoms. The molecule has 1 aliphatic rings. The average molecular weight is 269 g/mol. The first-order valence-electron chi connectivity index (χ1n) is 6.92. The highest BCUT2D eigenvalue weighted by Crippen LogP contribution is 2.18. The van der Waals surface area contributed by atoms with Crippen LogP contribution in [0.2, 0.25) is 0 Å². The normalized spacial score (nSPS) is 15.3. The van der Waals surface area contributed by atoms with Crippen molar-refractivity contribution in [2.75, 3.05) is 0 Å². The molecule has 5 heteroatoms. The third-order valence-corrected chi connectivity index (χ3v) is 3.22. The van der Waals surface area contributed by atoms with Crippen molar-refractivity contribution in [2.45, 2.75) is 32.0 Å². The first-order valence-corrected chi connectivity index (χ1v) is 6.92. The number of rotatable bonds is 5. The highest BCUT2D eigenvalue weighted by molar-refractivity contribution is 5.78. The van der Waals surface area contributed by atoms with E-state index in [-0.39, 0.29) is 0 Å². The van der Waals surface area contributed by atoms with Crippen molar-refractivity contribution >= 4 is 5.96 Å². The molecule has 1 aromatic heterocycles. The molecule has 0 spiro atoms. The average Bonchev–Trinajstić information content (AvgIpc) is 3.15. The quantitative estimate of drug-likeness (QED) is 0.638. The number of hydrogen-bond acceptors (Lipinski definition) is 2. The fourth-order valence-corrected chi connectivity index (χ4v) is 2.00. The van der Waals surface area contributed by atoms with E-state index in [1.807, 2.05) is 35.1 Å². The summed E-state index contributed by atoms with van der Waals surface area (Å²) in [5, 5.41) is 7.66. The molecule has 0 radical (unpaired) electrons. The maximum atomic E-state index is 5.80. The van der Waals surface area contributed by atoms with Gasteiger partial charge >= 0.3 is 0 Å². The zero-order chi connectivity index (χ0) is 13.8. The lowest BCUT2D eigenvalue weighted by Gasteiger charge is -2.02. The molecule has 0 aliphatic heterocycles. The van der Waals surface area contributed by atoms with Crippen molar-refractivity contribution in [3.05, 3.63) is 53.9 Å². The summed E-state index contributed by atoms with van der Waals surface area (Å²) in [4.78, 5) is 4.30. The Morgan fingerprint density at radius 1 is 1.30 bits per heavy atom. The van der Waals surface area contributed by atoms with Gasteiger partial charge in [-0.15, -0.1) is 0 Å². The van der Waals surface area contributed by atoms with E-state index in [9.17, 15) is 0 Å². The molecule has 5 nitrogen and oxygen atoms in total. The minimum absolute atomic E-state index is 0.519. The first kappa shape index (κ1) is 12.7. The highest BCUT2D eigenvalue weighted by atomic mass is 15.3. The van der Waals surface area contributed by atoms with Crippen LogP contribution in [-0.2, 0) is 13.1 Å². The topological polar surface area (TPSA) is 68.2 Å². The van der Waals surface area contributed by atoms with Gasteiger partial charge in [0.25, 0.3) is 0 Å². The summed E-state index contributed by atoms with van der Waals surface area (Å²) in [6, 6.07) is 12.8. The summed E-state index contributed by atoms with van der Waals surface area (Å²) in [6.45, 7) is 1.30. The molecule has 104 valence electrons. The van der Waals surface area contributed by atoms with Gasteiger partial charge in [0.05, 0.1) is 18.8 Å². The number of nitrogens with two attached hydrogens (primary N) is 1. The Bertz CT molecular complexity index is 583. The van der Waals surface area contributed by atoms with Crippen LogP contribution in [0, 0.1) is 0 Å². The van der Waals surface area contributed by atoms with Gasteiger partial charge in [0, 0.05) is 12.2 Å². The van der Waals surface area contributed by atoms with E-state index >= 15 is 0 Å². The van der Waals surface area contributed by atoms with Gasteiger partial charge in [-0.05, 0) is 24.5 Å². The minimum atomic E-state index is 0.519. The van der Waals surface area contributed by atoms with Gasteiger partial charge in [0.15, 0.2) is 5.96 Å². The molecule has 0 atom stereocenters. The van der Waals surface area contributed by atoms with Gasteiger partial charge < -0.3 is 11.1 Å². The summed E-state index contributed by atoms with van der Waals surface area (Å²) in [6.07, 6.45) is 4.37. The Morgan fingerprint density at radius 3 is 2.85 bits per heavy atom. The summed E-state index contributed by atoms with van der Waals surface area (Å²) >= 11 is 0. The molecule has 0 saturated heterocycles. The number of nitrogens with zero attached hydrogens (tertiary/aromatic N) is 3. The molecule has 1 aliphatic carbocycles. The van der Waals surface area contributed by atoms with Crippen LogP contribution in [0.4, 0.5) is 0 Å². The molecule has 3 N–H and O–H groups in total.